The third-order valence-electron chi connectivity index (χ3n) is 1.95. The van der Waals surface area contributed by atoms with Crippen molar-refractivity contribution in [2.24, 2.45) is 7.05 Å². The molecule has 0 saturated heterocycles. The van der Waals surface area contributed by atoms with Crippen LogP contribution in [-0.4, -0.2) is 30.8 Å². The molecule has 0 aliphatic carbocycles. The Kier molecular flexibility index (Phi) is 3.30. The molecule has 88 valence electrons. The SMILES string of the molecule is Cn1cnnc1Sc1nccc(C(=O)O)c1Cl. The third-order valence-corrected chi connectivity index (χ3v) is 3.50. The van der Waals surface area contributed by atoms with E-state index in [1.807, 2.05) is 0 Å². The first-order valence-corrected chi connectivity index (χ1v) is 5.68. The summed E-state index contributed by atoms with van der Waals surface area (Å²) in [4.78, 5) is 14.9. The summed E-state index contributed by atoms with van der Waals surface area (Å²) in [5.74, 6) is -1.09. The monoisotopic (exact) mass is 270 g/mol. The van der Waals surface area contributed by atoms with E-state index in [0.717, 1.165) is 11.8 Å². The lowest BCUT2D eigenvalue weighted by Gasteiger charge is -2.04. The summed E-state index contributed by atoms with van der Waals surface area (Å²) >= 11 is 7.11. The van der Waals surface area contributed by atoms with Gasteiger partial charge in [-0.1, -0.05) is 11.6 Å². The minimum Gasteiger partial charge on any atom is -0.478 e. The highest BCUT2D eigenvalue weighted by molar-refractivity contribution is 7.99. The number of pyridine rings is 1. The van der Waals surface area contributed by atoms with Crippen LogP contribution in [0.15, 0.2) is 28.8 Å². The van der Waals surface area contributed by atoms with Crippen LogP contribution in [0.5, 0.6) is 0 Å². The first-order chi connectivity index (χ1) is 8.09. The van der Waals surface area contributed by atoms with Crippen LogP contribution in [0, 0.1) is 0 Å². The van der Waals surface area contributed by atoms with Gasteiger partial charge in [-0.05, 0) is 17.8 Å². The molecule has 1 N–H and O–H groups in total. The minimum atomic E-state index is -1.09. The highest BCUT2D eigenvalue weighted by Gasteiger charge is 2.15. The number of nitrogens with zero attached hydrogens (tertiary/aromatic N) is 4. The van der Waals surface area contributed by atoms with Crippen LogP contribution in [0.4, 0.5) is 0 Å². The van der Waals surface area contributed by atoms with E-state index in [-0.39, 0.29) is 10.6 Å². The molecule has 0 saturated carbocycles. The molecule has 0 amide bonds. The van der Waals surface area contributed by atoms with Crippen molar-refractivity contribution in [2.45, 2.75) is 10.2 Å². The molecule has 0 aliphatic heterocycles. The van der Waals surface area contributed by atoms with Gasteiger partial charge in [-0.3, -0.25) is 0 Å². The van der Waals surface area contributed by atoms with Gasteiger partial charge in [-0.25, -0.2) is 9.78 Å². The predicted molar refractivity (Wildman–Crippen MR) is 61.3 cm³/mol. The smallest absolute Gasteiger partial charge is 0.337 e. The molecule has 0 fully saturated rings. The number of carboxylic acids is 1. The van der Waals surface area contributed by atoms with Crippen molar-refractivity contribution in [3.8, 4) is 0 Å². The molecule has 0 radical (unpaired) electrons. The van der Waals surface area contributed by atoms with Crippen molar-refractivity contribution in [1.29, 1.82) is 0 Å². The molecule has 2 heterocycles. The van der Waals surface area contributed by atoms with Gasteiger partial charge >= 0.3 is 5.97 Å². The number of carboxylic acid groups (broad SMARTS) is 1. The first kappa shape index (κ1) is 11.9. The van der Waals surface area contributed by atoms with Crippen molar-refractivity contribution >= 4 is 29.3 Å². The van der Waals surface area contributed by atoms with E-state index in [9.17, 15) is 4.79 Å². The lowest BCUT2D eigenvalue weighted by molar-refractivity contribution is 0.0696. The highest BCUT2D eigenvalue weighted by Crippen LogP contribution is 2.31. The molecule has 0 unspecified atom stereocenters. The van der Waals surface area contributed by atoms with Gasteiger partial charge in [0.1, 0.15) is 11.4 Å². The maximum atomic E-state index is 10.9. The van der Waals surface area contributed by atoms with E-state index >= 15 is 0 Å². The van der Waals surface area contributed by atoms with Crippen molar-refractivity contribution in [3.63, 3.8) is 0 Å². The zero-order valence-corrected chi connectivity index (χ0v) is 10.2. The minimum absolute atomic E-state index is 0.0198. The Labute approximate surface area is 106 Å². The quantitative estimate of drug-likeness (QED) is 0.914. The Morgan fingerprint density at radius 1 is 1.59 bits per heavy atom. The largest absolute Gasteiger partial charge is 0.478 e. The summed E-state index contributed by atoms with van der Waals surface area (Å²) in [5.41, 5.74) is 0.0198. The molecule has 0 bridgehead atoms. The fourth-order valence-corrected chi connectivity index (χ4v) is 2.19. The van der Waals surface area contributed by atoms with E-state index in [2.05, 4.69) is 15.2 Å². The fraction of sp³-hybridized carbons (Fsp3) is 0.111. The maximum absolute atomic E-state index is 10.9. The van der Waals surface area contributed by atoms with Crippen LogP contribution < -0.4 is 0 Å². The van der Waals surface area contributed by atoms with E-state index in [1.165, 1.54) is 18.6 Å². The molecule has 17 heavy (non-hydrogen) atoms. The molecule has 2 aromatic rings. The lowest BCUT2D eigenvalue weighted by atomic mass is 10.3. The molecule has 0 aromatic carbocycles. The summed E-state index contributed by atoms with van der Waals surface area (Å²) in [7, 11) is 1.78. The number of halogens is 1. The van der Waals surface area contributed by atoms with E-state index in [1.54, 1.807) is 11.6 Å². The normalized spacial score (nSPS) is 10.5. The Morgan fingerprint density at radius 3 is 2.94 bits per heavy atom. The van der Waals surface area contributed by atoms with Gasteiger partial charge in [0.25, 0.3) is 0 Å². The zero-order chi connectivity index (χ0) is 12.4. The summed E-state index contributed by atoms with van der Waals surface area (Å²) in [5, 5.41) is 17.6. The second-order valence-corrected chi connectivity index (χ2v) is 4.44. The van der Waals surface area contributed by atoms with Gasteiger partial charge in [0.15, 0.2) is 5.16 Å². The average molecular weight is 271 g/mol. The molecule has 0 aliphatic rings. The van der Waals surface area contributed by atoms with Gasteiger partial charge < -0.3 is 9.67 Å². The molecule has 2 aromatic heterocycles. The number of aryl methyl sites for hydroxylation is 1. The Morgan fingerprint density at radius 2 is 2.35 bits per heavy atom. The predicted octanol–water partition coefficient (Wildman–Crippen LogP) is 1.71. The first-order valence-electron chi connectivity index (χ1n) is 4.49. The Hall–Kier alpha value is -1.60. The molecule has 6 nitrogen and oxygen atoms in total. The van der Waals surface area contributed by atoms with Crippen molar-refractivity contribution in [3.05, 3.63) is 29.2 Å². The van der Waals surface area contributed by atoms with Crippen LogP contribution in [-0.2, 0) is 7.05 Å². The number of hydrogen-bond acceptors (Lipinski definition) is 5. The maximum Gasteiger partial charge on any atom is 0.337 e. The number of carbonyl (C=O) groups is 1. The lowest BCUT2D eigenvalue weighted by Crippen LogP contribution is -1.99. The zero-order valence-electron chi connectivity index (χ0n) is 8.66. The van der Waals surface area contributed by atoms with Crippen LogP contribution in [0.1, 0.15) is 10.4 Å². The number of aromatic carboxylic acids is 1. The molecule has 2 rings (SSSR count). The summed E-state index contributed by atoms with van der Waals surface area (Å²) < 4.78 is 1.69. The summed E-state index contributed by atoms with van der Waals surface area (Å²) in [6, 6.07) is 1.35. The van der Waals surface area contributed by atoms with Crippen LogP contribution in [0.2, 0.25) is 5.02 Å². The summed E-state index contributed by atoms with van der Waals surface area (Å²) in [6.07, 6.45) is 2.94. The van der Waals surface area contributed by atoms with Crippen molar-refractivity contribution in [1.82, 2.24) is 19.7 Å². The highest BCUT2D eigenvalue weighted by atomic mass is 35.5. The van der Waals surface area contributed by atoms with Gasteiger partial charge in [-0.15, -0.1) is 10.2 Å². The number of hydrogen-bond donors (Lipinski definition) is 1. The number of aromatic nitrogens is 4. The van der Waals surface area contributed by atoms with Gasteiger partial charge in [0.05, 0.1) is 10.6 Å². The molecule has 8 heteroatoms. The van der Waals surface area contributed by atoms with E-state index < -0.39 is 5.97 Å². The Balaban J connectivity index is 2.37. The van der Waals surface area contributed by atoms with Crippen LogP contribution in [0.3, 0.4) is 0 Å². The van der Waals surface area contributed by atoms with Crippen molar-refractivity contribution in [2.75, 3.05) is 0 Å². The van der Waals surface area contributed by atoms with Gasteiger partial charge in [-0.2, -0.15) is 0 Å². The molecule has 0 spiro atoms. The molecular formula is C9H7ClN4O2S. The molecular weight excluding hydrogens is 264 g/mol. The van der Waals surface area contributed by atoms with Gasteiger partial charge in [0, 0.05) is 13.2 Å². The molecule has 0 atom stereocenters. The second-order valence-electron chi connectivity index (χ2n) is 3.11. The third kappa shape index (κ3) is 2.40. The van der Waals surface area contributed by atoms with Crippen molar-refractivity contribution < 1.29 is 9.90 Å². The van der Waals surface area contributed by atoms with Gasteiger partial charge in [0.2, 0.25) is 0 Å². The number of rotatable bonds is 3. The second kappa shape index (κ2) is 4.72. The average Bonchev–Trinajstić information content (AvgIpc) is 2.67. The van der Waals surface area contributed by atoms with E-state index in [4.69, 9.17) is 16.7 Å². The standard InChI is InChI=1S/C9H7ClN4O2S/c1-14-4-12-13-9(14)17-7-6(10)5(8(15)16)2-3-11-7/h2-4H,1H3,(H,15,16). The van der Waals surface area contributed by atoms with Crippen LogP contribution >= 0.6 is 23.4 Å². The topological polar surface area (TPSA) is 80.9 Å². The van der Waals surface area contributed by atoms with Crippen LogP contribution in [0.25, 0.3) is 0 Å². The summed E-state index contributed by atoms with van der Waals surface area (Å²) in [6.45, 7) is 0. The Bertz CT molecular complexity index is 572. The fourth-order valence-electron chi connectivity index (χ4n) is 1.11. The van der Waals surface area contributed by atoms with E-state index in [0.29, 0.717) is 10.2 Å².